The van der Waals surface area contributed by atoms with Crippen molar-refractivity contribution < 1.29 is 9.47 Å². The lowest BCUT2D eigenvalue weighted by molar-refractivity contribution is 0.249. The molecule has 0 saturated carbocycles. The highest BCUT2D eigenvalue weighted by atomic mass is 16.5. The molecule has 2 aromatic rings. The van der Waals surface area contributed by atoms with Gasteiger partial charge >= 0.3 is 0 Å². The Bertz CT molecular complexity index is 699. The first-order valence-electron chi connectivity index (χ1n) is 7.57. The fraction of sp³-hybridized carbons (Fsp3) is 0.200. The van der Waals surface area contributed by atoms with E-state index in [-0.39, 0.29) is 6.10 Å². The van der Waals surface area contributed by atoms with E-state index in [2.05, 4.69) is 32.1 Å². The van der Waals surface area contributed by atoms with Gasteiger partial charge < -0.3 is 9.47 Å². The monoisotopic (exact) mass is 292 g/mol. The number of ether oxygens (including phenoxy) is 2. The van der Waals surface area contributed by atoms with Crippen LogP contribution in [0.2, 0.25) is 0 Å². The van der Waals surface area contributed by atoms with E-state index in [4.69, 9.17) is 9.47 Å². The highest BCUT2D eigenvalue weighted by Crippen LogP contribution is 2.33. The van der Waals surface area contributed by atoms with E-state index in [0.717, 1.165) is 34.8 Å². The second-order valence-corrected chi connectivity index (χ2v) is 5.43. The average Bonchev–Trinajstić information content (AvgIpc) is 2.56. The molecular formula is C20H20O2. The zero-order valence-corrected chi connectivity index (χ0v) is 13.0. The predicted molar refractivity (Wildman–Crippen MR) is 89.7 cm³/mol. The van der Waals surface area contributed by atoms with Crippen LogP contribution in [0.1, 0.15) is 17.5 Å². The maximum absolute atomic E-state index is 6.08. The van der Waals surface area contributed by atoms with Gasteiger partial charge in [-0.15, -0.1) is 0 Å². The van der Waals surface area contributed by atoms with Crippen LogP contribution in [0.5, 0.6) is 17.2 Å². The zero-order chi connectivity index (χ0) is 15.4. The Hall–Kier alpha value is -2.48. The Kier molecular flexibility index (Phi) is 4.29. The Morgan fingerprint density at radius 3 is 2.32 bits per heavy atom. The molecule has 1 atom stereocenters. The van der Waals surface area contributed by atoms with Crippen LogP contribution < -0.4 is 9.47 Å². The maximum atomic E-state index is 6.08. The molecule has 0 spiro atoms. The van der Waals surface area contributed by atoms with Crippen molar-refractivity contribution in [2.45, 2.75) is 26.4 Å². The van der Waals surface area contributed by atoms with Gasteiger partial charge in [0.2, 0.25) is 0 Å². The second kappa shape index (κ2) is 6.52. The van der Waals surface area contributed by atoms with Gasteiger partial charge in [-0.25, -0.2) is 0 Å². The summed E-state index contributed by atoms with van der Waals surface area (Å²) in [6, 6.07) is 13.8. The summed E-state index contributed by atoms with van der Waals surface area (Å²) >= 11 is 0. The van der Waals surface area contributed by atoms with Crippen molar-refractivity contribution >= 4 is 0 Å². The minimum absolute atomic E-state index is 0.115. The van der Waals surface area contributed by atoms with Crippen molar-refractivity contribution in [1.29, 1.82) is 0 Å². The number of para-hydroxylation sites is 1. The molecule has 0 heterocycles. The SMILES string of the molecule is Cc1c(Oc2ccccc2)ccc(OC2C=CC=CC2)c1C. The second-order valence-electron chi connectivity index (χ2n) is 5.43. The Labute approximate surface area is 131 Å². The molecule has 1 aliphatic carbocycles. The Morgan fingerprint density at radius 2 is 1.59 bits per heavy atom. The Balaban J connectivity index is 1.79. The van der Waals surface area contributed by atoms with E-state index in [1.807, 2.05) is 48.5 Å². The third-order valence-electron chi connectivity index (χ3n) is 3.88. The summed E-state index contributed by atoms with van der Waals surface area (Å²) in [5, 5.41) is 0. The summed E-state index contributed by atoms with van der Waals surface area (Å²) < 4.78 is 12.0. The van der Waals surface area contributed by atoms with Crippen molar-refractivity contribution in [2.75, 3.05) is 0 Å². The molecule has 0 aliphatic heterocycles. The van der Waals surface area contributed by atoms with Crippen LogP contribution in [0.25, 0.3) is 0 Å². The molecule has 112 valence electrons. The van der Waals surface area contributed by atoms with Gasteiger partial charge in [0.05, 0.1) is 0 Å². The van der Waals surface area contributed by atoms with Gasteiger partial charge in [-0.3, -0.25) is 0 Å². The van der Waals surface area contributed by atoms with Crippen LogP contribution in [-0.4, -0.2) is 6.10 Å². The van der Waals surface area contributed by atoms with Gasteiger partial charge in [-0.05, 0) is 55.3 Å². The van der Waals surface area contributed by atoms with Gasteiger partial charge in [-0.2, -0.15) is 0 Å². The number of hydrogen-bond acceptors (Lipinski definition) is 2. The fourth-order valence-electron chi connectivity index (χ4n) is 2.43. The lowest BCUT2D eigenvalue weighted by atomic mass is 10.1. The van der Waals surface area contributed by atoms with Crippen molar-refractivity contribution in [2.24, 2.45) is 0 Å². The standard InChI is InChI=1S/C20H20O2/c1-15-16(2)20(22-18-11-7-4-8-12-18)14-13-19(15)21-17-9-5-3-6-10-17/h3-11,13-14,18H,12H2,1-2H3. The molecule has 0 radical (unpaired) electrons. The van der Waals surface area contributed by atoms with E-state index < -0.39 is 0 Å². The van der Waals surface area contributed by atoms with Crippen LogP contribution in [0, 0.1) is 13.8 Å². The van der Waals surface area contributed by atoms with Crippen LogP contribution in [0.15, 0.2) is 66.8 Å². The molecule has 1 aliphatic rings. The molecule has 0 bridgehead atoms. The van der Waals surface area contributed by atoms with Crippen molar-refractivity contribution in [1.82, 2.24) is 0 Å². The van der Waals surface area contributed by atoms with E-state index in [0.29, 0.717) is 0 Å². The van der Waals surface area contributed by atoms with Crippen molar-refractivity contribution in [3.8, 4) is 17.2 Å². The summed E-state index contributed by atoms with van der Waals surface area (Å²) in [5.41, 5.74) is 2.23. The highest BCUT2D eigenvalue weighted by Gasteiger charge is 2.13. The first-order chi connectivity index (χ1) is 10.7. The lowest BCUT2D eigenvalue weighted by Gasteiger charge is -2.19. The lowest BCUT2D eigenvalue weighted by Crippen LogP contribution is -2.14. The molecule has 1 unspecified atom stereocenters. The summed E-state index contributed by atoms with van der Waals surface area (Å²) in [4.78, 5) is 0. The molecular weight excluding hydrogens is 272 g/mol. The topological polar surface area (TPSA) is 18.5 Å². The molecule has 0 fully saturated rings. The van der Waals surface area contributed by atoms with Gasteiger partial charge in [-0.1, -0.05) is 36.4 Å². The Morgan fingerprint density at radius 1 is 0.864 bits per heavy atom. The van der Waals surface area contributed by atoms with E-state index in [1.54, 1.807) is 0 Å². The summed E-state index contributed by atoms with van der Waals surface area (Å²) in [6.07, 6.45) is 9.32. The maximum Gasteiger partial charge on any atom is 0.130 e. The predicted octanol–water partition coefficient (Wildman–Crippen LogP) is 5.36. The van der Waals surface area contributed by atoms with Crippen LogP contribution >= 0.6 is 0 Å². The minimum Gasteiger partial charge on any atom is -0.486 e. The molecule has 0 aromatic heterocycles. The molecule has 22 heavy (non-hydrogen) atoms. The van der Waals surface area contributed by atoms with Crippen LogP contribution in [0.3, 0.4) is 0 Å². The van der Waals surface area contributed by atoms with Crippen LogP contribution in [-0.2, 0) is 0 Å². The molecule has 0 N–H and O–H groups in total. The highest BCUT2D eigenvalue weighted by molar-refractivity contribution is 5.48. The first kappa shape index (κ1) is 14.5. The zero-order valence-electron chi connectivity index (χ0n) is 13.0. The van der Waals surface area contributed by atoms with Gasteiger partial charge in [0, 0.05) is 6.42 Å². The number of hydrogen-bond donors (Lipinski definition) is 0. The van der Waals surface area contributed by atoms with Crippen molar-refractivity contribution in [3.63, 3.8) is 0 Å². The van der Waals surface area contributed by atoms with Crippen LogP contribution in [0.4, 0.5) is 0 Å². The molecule has 3 rings (SSSR count). The average molecular weight is 292 g/mol. The molecule has 2 aromatic carbocycles. The minimum atomic E-state index is 0.115. The van der Waals surface area contributed by atoms with Crippen molar-refractivity contribution in [3.05, 3.63) is 77.9 Å². The smallest absolute Gasteiger partial charge is 0.130 e. The normalized spacial score (nSPS) is 16.5. The summed E-state index contributed by atoms with van der Waals surface area (Å²) in [5.74, 6) is 2.64. The summed E-state index contributed by atoms with van der Waals surface area (Å²) in [7, 11) is 0. The van der Waals surface area contributed by atoms with E-state index >= 15 is 0 Å². The van der Waals surface area contributed by atoms with Gasteiger partial charge in [0.15, 0.2) is 0 Å². The largest absolute Gasteiger partial charge is 0.486 e. The number of rotatable bonds is 4. The number of benzene rings is 2. The number of allylic oxidation sites excluding steroid dienone is 2. The third-order valence-corrected chi connectivity index (χ3v) is 3.88. The van der Waals surface area contributed by atoms with Gasteiger partial charge in [0.1, 0.15) is 23.4 Å². The molecule has 0 amide bonds. The van der Waals surface area contributed by atoms with Gasteiger partial charge in [0.25, 0.3) is 0 Å². The molecule has 2 nitrogen and oxygen atoms in total. The molecule has 0 saturated heterocycles. The van der Waals surface area contributed by atoms with E-state index in [9.17, 15) is 0 Å². The fourth-order valence-corrected chi connectivity index (χ4v) is 2.43. The first-order valence-corrected chi connectivity index (χ1v) is 7.57. The third kappa shape index (κ3) is 3.22. The molecule has 2 heteroatoms. The summed E-state index contributed by atoms with van der Waals surface area (Å²) in [6.45, 7) is 4.14. The van der Waals surface area contributed by atoms with E-state index in [1.165, 1.54) is 0 Å². The quantitative estimate of drug-likeness (QED) is 0.755.